The first-order valence-corrected chi connectivity index (χ1v) is 8.24. The molecular formula is C11H16BrNOS2. The molecule has 0 radical (unpaired) electrons. The molecule has 1 aromatic heterocycles. The Morgan fingerprint density at radius 3 is 2.81 bits per heavy atom. The Labute approximate surface area is 113 Å². The maximum Gasteiger partial charge on any atom is 0.0787 e. The minimum absolute atomic E-state index is 0.474. The Hall–Kier alpha value is 0.450. The molecule has 0 aromatic carbocycles. The van der Waals surface area contributed by atoms with Gasteiger partial charge in [0.2, 0.25) is 0 Å². The molecule has 1 aliphatic heterocycles. The van der Waals surface area contributed by atoms with Gasteiger partial charge in [0.15, 0.2) is 0 Å². The predicted octanol–water partition coefficient (Wildman–Crippen LogP) is 2.86. The third-order valence-corrected chi connectivity index (χ3v) is 5.37. The van der Waals surface area contributed by atoms with E-state index in [1.807, 2.05) is 11.8 Å². The molecule has 0 spiro atoms. The van der Waals surface area contributed by atoms with Crippen LogP contribution < -0.4 is 5.32 Å². The fraction of sp³-hybridized carbons (Fsp3) is 0.636. The first-order chi connectivity index (χ1) is 7.68. The molecule has 0 amide bonds. The molecule has 5 heteroatoms. The van der Waals surface area contributed by atoms with Crippen molar-refractivity contribution in [1.29, 1.82) is 0 Å². The summed E-state index contributed by atoms with van der Waals surface area (Å²) in [6.45, 7) is 1.55. The van der Waals surface area contributed by atoms with Crippen LogP contribution in [0, 0.1) is 0 Å². The molecule has 0 unspecified atom stereocenters. The number of aliphatic hydroxyl groups is 1. The lowest BCUT2D eigenvalue weighted by atomic mass is 9.97. The lowest BCUT2D eigenvalue weighted by Crippen LogP contribution is -2.43. The fourth-order valence-corrected chi connectivity index (χ4v) is 4.27. The monoisotopic (exact) mass is 321 g/mol. The molecule has 1 aromatic rings. The summed E-state index contributed by atoms with van der Waals surface area (Å²) < 4.78 is 1.16. The minimum Gasteiger partial charge on any atom is -0.389 e. The van der Waals surface area contributed by atoms with Crippen LogP contribution in [0.4, 0.5) is 0 Å². The largest absolute Gasteiger partial charge is 0.389 e. The average Bonchev–Trinajstić information content (AvgIpc) is 2.65. The summed E-state index contributed by atoms with van der Waals surface area (Å²) in [5, 5.41) is 15.8. The number of thioether (sulfide) groups is 1. The van der Waals surface area contributed by atoms with Crippen LogP contribution in [0.15, 0.2) is 15.2 Å². The van der Waals surface area contributed by atoms with Gasteiger partial charge in [0.05, 0.1) is 9.39 Å². The molecule has 2 heterocycles. The van der Waals surface area contributed by atoms with E-state index in [-0.39, 0.29) is 0 Å². The SMILES string of the molecule is OC1(CNCc2csc(Br)c2)CCSCC1. The maximum atomic E-state index is 10.3. The van der Waals surface area contributed by atoms with Crippen molar-refractivity contribution in [3.8, 4) is 0 Å². The molecule has 2 nitrogen and oxygen atoms in total. The lowest BCUT2D eigenvalue weighted by Gasteiger charge is -2.31. The molecule has 0 bridgehead atoms. The van der Waals surface area contributed by atoms with Gasteiger partial charge in [0, 0.05) is 13.1 Å². The van der Waals surface area contributed by atoms with Gasteiger partial charge in [0.25, 0.3) is 0 Å². The van der Waals surface area contributed by atoms with Crippen molar-refractivity contribution in [1.82, 2.24) is 5.32 Å². The van der Waals surface area contributed by atoms with Crippen LogP contribution in [0.1, 0.15) is 18.4 Å². The second-order valence-corrected chi connectivity index (χ2v) is 7.71. The van der Waals surface area contributed by atoms with Crippen molar-refractivity contribution in [2.24, 2.45) is 0 Å². The molecule has 90 valence electrons. The Morgan fingerprint density at radius 1 is 1.44 bits per heavy atom. The first-order valence-electron chi connectivity index (χ1n) is 5.42. The van der Waals surface area contributed by atoms with Crippen LogP contribution in [-0.2, 0) is 6.54 Å². The summed E-state index contributed by atoms with van der Waals surface area (Å²) in [5.41, 5.74) is 0.809. The highest BCUT2D eigenvalue weighted by molar-refractivity contribution is 9.11. The smallest absolute Gasteiger partial charge is 0.0787 e. The van der Waals surface area contributed by atoms with E-state index in [1.54, 1.807) is 11.3 Å². The van der Waals surface area contributed by atoms with Crippen LogP contribution in [0.2, 0.25) is 0 Å². The number of halogens is 1. The predicted molar refractivity (Wildman–Crippen MR) is 75.2 cm³/mol. The van der Waals surface area contributed by atoms with Crippen molar-refractivity contribution < 1.29 is 5.11 Å². The van der Waals surface area contributed by atoms with Crippen LogP contribution in [0.25, 0.3) is 0 Å². The quantitative estimate of drug-likeness (QED) is 0.894. The second kappa shape index (κ2) is 5.87. The average molecular weight is 322 g/mol. The van der Waals surface area contributed by atoms with E-state index >= 15 is 0 Å². The summed E-state index contributed by atoms with van der Waals surface area (Å²) in [6, 6.07) is 2.12. The summed E-state index contributed by atoms with van der Waals surface area (Å²) in [6.07, 6.45) is 1.83. The van der Waals surface area contributed by atoms with Crippen molar-refractivity contribution in [3.63, 3.8) is 0 Å². The third-order valence-electron chi connectivity index (χ3n) is 2.83. The standard InChI is InChI=1S/C11H16BrNOS2/c12-10-5-9(7-16-10)6-13-8-11(14)1-3-15-4-2-11/h5,7,13-14H,1-4,6,8H2. The Balaban J connectivity index is 1.74. The van der Waals surface area contributed by atoms with E-state index in [2.05, 4.69) is 32.7 Å². The number of hydrogen-bond donors (Lipinski definition) is 2. The van der Waals surface area contributed by atoms with E-state index in [0.29, 0.717) is 6.54 Å². The molecule has 2 N–H and O–H groups in total. The molecule has 1 saturated heterocycles. The zero-order valence-corrected chi connectivity index (χ0v) is 12.3. The minimum atomic E-state index is -0.474. The second-order valence-electron chi connectivity index (χ2n) is 4.20. The highest BCUT2D eigenvalue weighted by atomic mass is 79.9. The summed E-state index contributed by atoms with van der Waals surface area (Å²) in [5.74, 6) is 2.17. The Bertz CT molecular complexity index is 336. The zero-order valence-electron chi connectivity index (χ0n) is 9.04. The molecule has 2 rings (SSSR count). The van der Waals surface area contributed by atoms with Crippen LogP contribution >= 0.6 is 39.0 Å². The van der Waals surface area contributed by atoms with Gasteiger partial charge in [-0.05, 0) is 57.3 Å². The fourth-order valence-electron chi connectivity index (χ4n) is 1.81. The molecule has 0 saturated carbocycles. The molecule has 0 atom stereocenters. The highest BCUT2D eigenvalue weighted by Crippen LogP contribution is 2.26. The van der Waals surface area contributed by atoms with E-state index < -0.39 is 5.60 Å². The van der Waals surface area contributed by atoms with Crippen molar-refractivity contribution >= 4 is 39.0 Å². The van der Waals surface area contributed by atoms with Crippen molar-refractivity contribution in [2.75, 3.05) is 18.1 Å². The molecule has 0 aliphatic carbocycles. The van der Waals surface area contributed by atoms with Crippen molar-refractivity contribution in [2.45, 2.75) is 25.0 Å². The number of thiophene rings is 1. The number of nitrogens with one attached hydrogen (secondary N) is 1. The van der Waals surface area contributed by atoms with Gasteiger partial charge in [-0.1, -0.05) is 0 Å². The normalized spacial score (nSPS) is 19.9. The summed E-state index contributed by atoms with van der Waals surface area (Å²) >= 11 is 7.09. The van der Waals surface area contributed by atoms with Gasteiger partial charge in [-0.2, -0.15) is 11.8 Å². The maximum absolute atomic E-state index is 10.3. The highest BCUT2D eigenvalue weighted by Gasteiger charge is 2.28. The van der Waals surface area contributed by atoms with Gasteiger partial charge < -0.3 is 10.4 Å². The number of hydrogen-bond acceptors (Lipinski definition) is 4. The lowest BCUT2D eigenvalue weighted by molar-refractivity contribution is 0.0320. The zero-order chi connectivity index (χ0) is 11.4. The molecule has 1 aliphatic rings. The van der Waals surface area contributed by atoms with Crippen LogP contribution in [0.5, 0.6) is 0 Å². The van der Waals surface area contributed by atoms with Gasteiger partial charge >= 0.3 is 0 Å². The van der Waals surface area contributed by atoms with E-state index in [9.17, 15) is 5.11 Å². The topological polar surface area (TPSA) is 32.3 Å². The number of rotatable bonds is 4. The van der Waals surface area contributed by atoms with E-state index in [0.717, 1.165) is 34.7 Å². The van der Waals surface area contributed by atoms with Gasteiger partial charge in [0.1, 0.15) is 0 Å². The summed E-state index contributed by atoms with van der Waals surface area (Å²) in [4.78, 5) is 0. The Kier molecular flexibility index (Phi) is 4.73. The third kappa shape index (κ3) is 3.74. The molecular weight excluding hydrogens is 306 g/mol. The van der Waals surface area contributed by atoms with E-state index in [1.165, 1.54) is 5.56 Å². The van der Waals surface area contributed by atoms with Crippen LogP contribution in [0.3, 0.4) is 0 Å². The van der Waals surface area contributed by atoms with Crippen LogP contribution in [-0.4, -0.2) is 28.8 Å². The van der Waals surface area contributed by atoms with Crippen molar-refractivity contribution in [3.05, 3.63) is 20.8 Å². The first kappa shape index (κ1) is 12.9. The molecule has 1 fully saturated rings. The summed E-state index contributed by atoms with van der Waals surface area (Å²) in [7, 11) is 0. The van der Waals surface area contributed by atoms with Gasteiger partial charge in [-0.25, -0.2) is 0 Å². The van der Waals surface area contributed by atoms with Gasteiger partial charge in [-0.15, -0.1) is 11.3 Å². The van der Waals surface area contributed by atoms with Gasteiger partial charge in [-0.3, -0.25) is 0 Å². The Morgan fingerprint density at radius 2 is 2.19 bits per heavy atom. The van der Waals surface area contributed by atoms with E-state index in [4.69, 9.17) is 0 Å². The molecule has 16 heavy (non-hydrogen) atoms.